The molecule has 0 aliphatic heterocycles. The minimum atomic E-state index is -0.343. The number of rotatable bonds is 3. The van der Waals surface area contributed by atoms with Gasteiger partial charge in [-0.05, 0) is 38.5 Å². The summed E-state index contributed by atoms with van der Waals surface area (Å²) in [6.45, 7) is 6.24. The van der Waals surface area contributed by atoms with Gasteiger partial charge in [-0.3, -0.25) is 4.79 Å². The Morgan fingerprint density at radius 1 is 1.10 bits per heavy atom. The first kappa shape index (κ1) is 15.9. The van der Waals surface area contributed by atoms with E-state index in [1.807, 2.05) is 24.3 Å². The SMILES string of the molecule is CC(C)(C)c1ccccc1C(=O)Cc1cccc(F)c1Br. The van der Waals surface area contributed by atoms with Gasteiger partial charge in [-0.25, -0.2) is 4.39 Å². The highest BCUT2D eigenvalue weighted by atomic mass is 79.9. The third-order valence-corrected chi connectivity index (χ3v) is 4.31. The van der Waals surface area contributed by atoms with E-state index in [1.54, 1.807) is 12.1 Å². The Kier molecular flexibility index (Phi) is 4.62. The van der Waals surface area contributed by atoms with E-state index in [0.29, 0.717) is 15.6 Å². The van der Waals surface area contributed by atoms with Crippen LogP contribution in [0.3, 0.4) is 0 Å². The van der Waals surface area contributed by atoms with Gasteiger partial charge in [-0.15, -0.1) is 0 Å². The molecule has 0 atom stereocenters. The van der Waals surface area contributed by atoms with Crippen LogP contribution < -0.4 is 0 Å². The van der Waals surface area contributed by atoms with Crippen molar-refractivity contribution < 1.29 is 9.18 Å². The zero-order valence-electron chi connectivity index (χ0n) is 12.4. The summed E-state index contributed by atoms with van der Waals surface area (Å²) in [4.78, 5) is 12.6. The van der Waals surface area contributed by atoms with E-state index in [9.17, 15) is 9.18 Å². The minimum absolute atomic E-state index is 0.00632. The molecule has 2 aromatic rings. The molecule has 0 saturated heterocycles. The fourth-order valence-corrected chi connectivity index (χ4v) is 2.74. The molecule has 0 fully saturated rings. The van der Waals surface area contributed by atoms with Crippen molar-refractivity contribution in [1.82, 2.24) is 0 Å². The lowest BCUT2D eigenvalue weighted by Crippen LogP contribution is -2.18. The molecule has 0 spiro atoms. The van der Waals surface area contributed by atoms with Crippen molar-refractivity contribution in [2.24, 2.45) is 0 Å². The Bertz CT molecular complexity index is 671. The van der Waals surface area contributed by atoms with Crippen LogP contribution in [0.1, 0.15) is 42.3 Å². The van der Waals surface area contributed by atoms with Crippen LogP contribution in [0, 0.1) is 5.82 Å². The summed E-state index contributed by atoms with van der Waals surface area (Å²) in [6, 6.07) is 12.4. The number of Topliss-reactive ketones (excluding diaryl/α,β-unsaturated/α-hetero) is 1. The molecule has 0 aliphatic carbocycles. The van der Waals surface area contributed by atoms with Crippen LogP contribution >= 0.6 is 15.9 Å². The van der Waals surface area contributed by atoms with E-state index < -0.39 is 0 Å². The molecule has 2 aromatic carbocycles. The van der Waals surface area contributed by atoms with Gasteiger partial charge in [0, 0.05) is 12.0 Å². The van der Waals surface area contributed by atoms with Crippen molar-refractivity contribution in [2.45, 2.75) is 32.6 Å². The Labute approximate surface area is 133 Å². The van der Waals surface area contributed by atoms with E-state index in [0.717, 1.165) is 5.56 Å². The molecule has 0 aromatic heterocycles. The normalized spacial score (nSPS) is 11.5. The van der Waals surface area contributed by atoms with Gasteiger partial charge in [0.2, 0.25) is 0 Å². The van der Waals surface area contributed by atoms with Crippen LogP contribution in [0.4, 0.5) is 4.39 Å². The fourth-order valence-electron chi connectivity index (χ4n) is 2.33. The van der Waals surface area contributed by atoms with E-state index in [1.165, 1.54) is 6.07 Å². The van der Waals surface area contributed by atoms with Gasteiger partial charge < -0.3 is 0 Å². The molecule has 0 aliphatic rings. The van der Waals surface area contributed by atoms with E-state index in [2.05, 4.69) is 36.7 Å². The zero-order chi connectivity index (χ0) is 15.6. The van der Waals surface area contributed by atoms with Gasteiger partial charge in [-0.1, -0.05) is 57.2 Å². The standard InChI is InChI=1S/C18H18BrFO/c1-18(2,3)14-9-5-4-8-13(14)16(21)11-12-7-6-10-15(20)17(12)19/h4-10H,11H2,1-3H3. The summed E-state index contributed by atoms with van der Waals surface area (Å²) < 4.78 is 13.9. The van der Waals surface area contributed by atoms with Gasteiger partial charge in [0.05, 0.1) is 4.47 Å². The topological polar surface area (TPSA) is 17.1 Å². The second-order valence-electron chi connectivity index (χ2n) is 6.11. The maximum atomic E-state index is 13.5. The lowest BCUT2D eigenvalue weighted by molar-refractivity contribution is 0.0990. The van der Waals surface area contributed by atoms with Gasteiger partial charge in [0.15, 0.2) is 5.78 Å². The van der Waals surface area contributed by atoms with Crippen molar-refractivity contribution in [3.63, 3.8) is 0 Å². The smallest absolute Gasteiger partial charge is 0.167 e. The molecule has 2 rings (SSSR count). The average molecular weight is 349 g/mol. The lowest BCUT2D eigenvalue weighted by Gasteiger charge is -2.22. The summed E-state index contributed by atoms with van der Waals surface area (Å²) >= 11 is 3.21. The number of hydrogen-bond acceptors (Lipinski definition) is 1. The maximum Gasteiger partial charge on any atom is 0.167 e. The van der Waals surface area contributed by atoms with Crippen LogP contribution in [0.5, 0.6) is 0 Å². The molecular formula is C18H18BrFO. The van der Waals surface area contributed by atoms with E-state index >= 15 is 0 Å². The molecule has 3 heteroatoms. The molecule has 0 heterocycles. The summed E-state index contributed by atoms with van der Waals surface area (Å²) in [6.07, 6.45) is 0.186. The van der Waals surface area contributed by atoms with Gasteiger partial charge in [0.25, 0.3) is 0 Å². The molecule has 0 N–H and O–H groups in total. The predicted molar refractivity (Wildman–Crippen MR) is 87.3 cm³/mol. The molecule has 0 amide bonds. The second kappa shape index (κ2) is 6.10. The highest BCUT2D eigenvalue weighted by Gasteiger charge is 2.21. The number of ketones is 1. The molecule has 0 unspecified atom stereocenters. The first-order chi connectivity index (χ1) is 9.80. The van der Waals surface area contributed by atoms with Crippen LogP contribution in [0.2, 0.25) is 0 Å². The van der Waals surface area contributed by atoms with Crippen molar-refractivity contribution in [2.75, 3.05) is 0 Å². The third kappa shape index (κ3) is 3.59. The summed E-state index contributed by atoms with van der Waals surface area (Å²) in [7, 11) is 0. The zero-order valence-corrected chi connectivity index (χ0v) is 14.0. The highest BCUT2D eigenvalue weighted by molar-refractivity contribution is 9.10. The van der Waals surface area contributed by atoms with Crippen LogP contribution in [-0.4, -0.2) is 5.78 Å². The molecule has 110 valence electrons. The Morgan fingerprint density at radius 2 is 1.76 bits per heavy atom. The monoisotopic (exact) mass is 348 g/mol. The first-order valence-corrected chi connectivity index (χ1v) is 7.65. The molecular weight excluding hydrogens is 331 g/mol. The fraction of sp³-hybridized carbons (Fsp3) is 0.278. The number of carbonyl (C=O) groups is 1. The van der Waals surface area contributed by atoms with Crippen LogP contribution in [0.15, 0.2) is 46.9 Å². The molecule has 0 saturated carbocycles. The molecule has 21 heavy (non-hydrogen) atoms. The largest absolute Gasteiger partial charge is 0.294 e. The average Bonchev–Trinajstić information content (AvgIpc) is 2.43. The van der Waals surface area contributed by atoms with Crippen LogP contribution in [0.25, 0.3) is 0 Å². The van der Waals surface area contributed by atoms with Crippen molar-refractivity contribution in [1.29, 1.82) is 0 Å². The van der Waals surface area contributed by atoms with Crippen molar-refractivity contribution in [3.8, 4) is 0 Å². The third-order valence-electron chi connectivity index (χ3n) is 3.42. The van der Waals surface area contributed by atoms with Gasteiger partial charge in [0.1, 0.15) is 5.82 Å². The minimum Gasteiger partial charge on any atom is -0.294 e. The van der Waals surface area contributed by atoms with Crippen LogP contribution in [-0.2, 0) is 11.8 Å². The van der Waals surface area contributed by atoms with Gasteiger partial charge in [-0.2, -0.15) is 0 Å². The van der Waals surface area contributed by atoms with Gasteiger partial charge >= 0.3 is 0 Å². The Morgan fingerprint density at radius 3 is 2.43 bits per heavy atom. The Balaban J connectivity index is 2.36. The second-order valence-corrected chi connectivity index (χ2v) is 6.90. The molecule has 0 radical (unpaired) electrons. The quantitative estimate of drug-likeness (QED) is 0.686. The van der Waals surface area contributed by atoms with Crippen molar-refractivity contribution in [3.05, 3.63) is 69.4 Å². The maximum absolute atomic E-state index is 13.5. The first-order valence-electron chi connectivity index (χ1n) is 6.86. The lowest BCUT2D eigenvalue weighted by atomic mass is 9.82. The number of benzene rings is 2. The molecule has 1 nitrogen and oxygen atoms in total. The summed E-state index contributed by atoms with van der Waals surface area (Å²) in [5, 5.41) is 0. The summed E-state index contributed by atoms with van der Waals surface area (Å²) in [5.41, 5.74) is 2.29. The Hall–Kier alpha value is -1.48. The number of carbonyl (C=O) groups excluding carboxylic acids is 1. The van der Waals surface area contributed by atoms with E-state index in [-0.39, 0.29) is 23.4 Å². The van der Waals surface area contributed by atoms with Crippen molar-refractivity contribution >= 4 is 21.7 Å². The number of halogens is 2. The predicted octanol–water partition coefficient (Wildman–Crippen LogP) is 5.31. The summed E-state index contributed by atoms with van der Waals surface area (Å²) in [5.74, 6) is -0.337. The number of hydrogen-bond donors (Lipinski definition) is 0. The molecule has 0 bridgehead atoms. The highest BCUT2D eigenvalue weighted by Crippen LogP contribution is 2.28. The van der Waals surface area contributed by atoms with E-state index in [4.69, 9.17) is 0 Å².